The van der Waals surface area contributed by atoms with E-state index in [0.29, 0.717) is 13.1 Å². The van der Waals surface area contributed by atoms with E-state index in [9.17, 15) is 21.6 Å². The van der Waals surface area contributed by atoms with E-state index in [0.717, 1.165) is 17.9 Å². The highest BCUT2D eigenvalue weighted by Crippen LogP contribution is 2.23. The van der Waals surface area contributed by atoms with Gasteiger partial charge in [-0.2, -0.15) is 4.31 Å². The Morgan fingerprint density at radius 3 is 2.15 bits per heavy atom. The molecule has 136 valence electrons. The number of nitrogens with zero attached hydrogens (tertiary/aromatic N) is 1. The summed E-state index contributed by atoms with van der Waals surface area (Å²) in [6.07, 6.45) is 0.782. The Balaban J connectivity index is 1.86. The van der Waals surface area contributed by atoms with Gasteiger partial charge in [0.05, 0.1) is 9.79 Å². The van der Waals surface area contributed by atoms with E-state index in [2.05, 4.69) is 0 Å². The number of carbonyl (C=O) groups is 1. The SMILES string of the molecule is Bc1ccc(C(=O)NS(=O)(=O)c2cccc(S(=O)(=O)N3CCC3)c2)cc1. The number of rotatable bonds is 5. The average Bonchev–Trinajstić information content (AvgIpc) is 2.53. The number of hydrogen-bond donors (Lipinski definition) is 1. The molecule has 0 spiro atoms. The summed E-state index contributed by atoms with van der Waals surface area (Å²) in [6.45, 7) is 0.840. The Morgan fingerprint density at radius 2 is 1.58 bits per heavy atom. The van der Waals surface area contributed by atoms with Crippen LogP contribution >= 0.6 is 0 Å². The molecule has 7 nitrogen and oxygen atoms in total. The fourth-order valence-corrected chi connectivity index (χ4v) is 5.08. The molecule has 0 unspecified atom stereocenters. The number of sulfonamides is 2. The molecule has 0 bridgehead atoms. The molecular weight excluding hydrogens is 375 g/mol. The Kier molecular flexibility index (Phi) is 4.91. The zero-order valence-corrected chi connectivity index (χ0v) is 15.7. The minimum atomic E-state index is -4.20. The topological polar surface area (TPSA) is 101 Å². The Morgan fingerprint density at radius 1 is 0.962 bits per heavy atom. The van der Waals surface area contributed by atoms with Crippen molar-refractivity contribution in [2.75, 3.05) is 13.1 Å². The lowest BCUT2D eigenvalue weighted by Crippen LogP contribution is -2.42. The van der Waals surface area contributed by atoms with E-state index in [1.807, 2.05) is 12.6 Å². The maximum Gasteiger partial charge on any atom is 0.264 e. The summed E-state index contributed by atoms with van der Waals surface area (Å²) in [5.41, 5.74) is 1.14. The molecule has 1 saturated heterocycles. The standard InChI is InChI=1S/C16H17BN2O5S2/c17-13-7-5-12(6-8-13)16(20)18-25(21,22)14-3-1-4-15(11-14)26(23,24)19-9-2-10-19/h1,3-8,11H,2,9-10,17H2,(H,18,20). The van der Waals surface area contributed by atoms with Gasteiger partial charge in [0.15, 0.2) is 0 Å². The first-order valence-corrected chi connectivity index (χ1v) is 10.9. The number of benzene rings is 2. The number of carbonyl (C=O) groups excluding carboxylic acids is 1. The monoisotopic (exact) mass is 392 g/mol. The van der Waals surface area contributed by atoms with Gasteiger partial charge >= 0.3 is 0 Å². The number of amides is 1. The first kappa shape index (κ1) is 18.6. The molecule has 1 aliphatic rings. The molecule has 1 heterocycles. The molecule has 0 aromatic heterocycles. The lowest BCUT2D eigenvalue weighted by Gasteiger charge is -2.29. The van der Waals surface area contributed by atoms with Crippen molar-refractivity contribution < 1.29 is 21.6 Å². The van der Waals surface area contributed by atoms with Gasteiger partial charge in [-0.1, -0.05) is 23.7 Å². The van der Waals surface area contributed by atoms with Crippen molar-refractivity contribution in [2.45, 2.75) is 16.2 Å². The van der Waals surface area contributed by atoms with E-state index >= 15 is 0 Å². The second-order valence-corrected chi connectivity index (χ2v) is 9.65. The van der Waals surface area contributed by atoms with Crippen molar-refractivity contribution in [3.05, 3.63) is 54.1 Å². The Labute approximate surface area is 153 Å². The van der Waals surface area contributed by atoms with E-state index < -0.39 is 26.0 Å². The van der Waals surface area contributed by atoms with Crippen LogP contribution in [0.15, 0.2) is 58.3 Å². The van der Waals surface area contributed by atoms with Crippen LogP contribution in [0.25, 0.3) is 0 Å². The third kappa shape index (κ3) is 3.67. The fraction of sp³-hybridized carbons (Fsp3) is 0.188. The molecule has 2 aromatic rings. The molecule has 26 heavy (non-hydrogen) atoms. The molecule has 1 amide bonds. The molecule has 10 heteroatoms. The van der Waals surface area contributed by atoms with E-state index in [1.165, 1.54) is 34.6 Å². The van der Waals surface area contributed by atoms with Gasteiger partial charge in [0.1, 0.15) is 7.85 Å². The molecule has 0 atom stereocenters. The summed E-state index contributed by atoms with van der Waals surface area (Å²) in [5.74, 6) is -0.777. The second kappa shape index (κ2) is 6.86. The molecule has 2 aromatic carbocycles. The van der Waals surface area contributed by atoms with Crippen molar-refractivity contribution >= 4 is 39.3 Å². The van der Waals surface area contributed by atoms with Gasteiger partial charge in [-0.3, -0.25) is 4.79 Å². The predicted molar refractivity (Wildman–Crippen MR) is 99.1 cm³/mol. The lowest BCUT2D eigenvalue weighted by molar-refractivity contribution is 0.0981. The van der Waals surface area contributed by atoms with E-state index in [1.54, 1.807) is 12.1 Å². The molecule has 1 aliphatic heterocycles. The largest absolute Gasteiger partial charge is 0.268 e. The summed E-state index contributed by atoms with van der Waals surface area (Å²) < 4.78 is 53.0. The quantitative estimate of drug-likeness (QED) is 0.689. The lowest BCUT2D eigenvalue weighted by atomic mass is 9.95. The van der Waals surface area contributed by atoms with Crippen LogP contribution in [0, 0.1) is 0 Å². The minimum Gasteiger partial charge on any atom is -0.268 e. The number of nitrogens with one attached hydrogen (secondary N) is 1. The van der Waals surface area contributed by atoms with Crippen molar-refractivity contribution in [3.8, 4) is 0 Å². The van der Waals surface area contributed by atoms with Crippen LogP contribution in [0.3, 0.4) is 0 Å². The molecule has 3 rings (SSSR count). The molecule has 0 radical (unpaired) electrons. The van der Waals surface area contributed by atoms with Gasteiger partial charge in [-0.25, -0.2) is 21.6 Å². The van der Waals surface area contributed by atoms with E-state index in [-0.39, 0.29) is 15.4 Å². The zero-order valence-electron chi connectivity index (χ0n) is 14.0. The van der Waals surface area contributed by atoms with Crippen LogP contribution in [0.4, 0.5) is 0 Å². The smallest absolute Gasteiger partial charge is 0.264 e. The Hall–Kier alpha value is -2.17. The van der Waals surface area contributed by atoms with Crippen molar-refractivity contribution in [1.82, 2.24) is 9.03 Å². The van der Waals surface area contributed by atoms with Crippen LogP contribution in [0.1, 0.15) is 16.8 Å². The molecule has 0 aliphatic carbocycles. The summed E-state index contributed by atoms with van der Waals surface area (Å²) in [4.78, 5) is 11.8. The first-order valence-electron chi connectivity index (χ1n) is 7.94. The van der Waals surface area contributed by atoms with Crippen molar-refractivity contribution in [2.24, 2.45) is 0 Å². The highest BCUT2D eigenvalue weighted by atomic mass is 32.2. The van der Waals surface area contributed by atoms with Crippen LogP contribution < -0.4 is 10.2 Å². The van der Waals surface area contributed by atoms with E-state index in [4.69, 9.17) is 0 Å². The van der Waals surface area contributed by atoms with Gasteiger partial charge in [-0.05, 0) is 36.8 Å². The zero-order chi connectivity index (χ0) is 18.9. The average molecular weight is 392 g/mol. The highest BCUT2D eigenvalue weighted by molar-refractivity contribution is 7.90. The van der Waals surface area contributed by atoms with Gasteiger partial charge in [0.2, 0.25) is 10.0 Å². The Bertz CT molecular complexity index is 1050. The van der Waals surface area contributed by atoms with Crippen LogP contribution in [-0.4, -0.2) is 48.0 Å². The summed E-state index contributed by atoms with van der Waals surface area (Å²) in [7, 11) is -6.06. The van der Waals surface area contributed by atoms with Crippen molar-refractivity contribution in [1.29, 1.82) is 0 Å². The fourth-order valence-electron chi connectivity index (χ4n) is 2.42. The summed E-state index contributed by atoms with van der Waals surface area (Å²) in [5, 5.41) is 0. The minimum absolute atomic E-state index is 0.108. The molecular formula is C16H17BN2O5S2. The number of hydrogen-bond acceptors (Lipinski definition) is 5. The summed E-state index contributed by atoms with van der Waals surface area (Å²) in [6, 6.07) is 11.4. The molecule has 1 fully saturated rings. The maximum atomic E-state index is 12.5. The first-order chi connectivity index (χ1) is 12.2. The van der Waals surface area contributed by atoms with Gasteiger partial charge < -0.3 is 0 Å². The van der Waals surface area contributed by atoms with Gasteiger partial charge in [0.25, 0.3) is 15.9 Å². The third-order valence-corrected chi connectivity index (χ3v) is 7.33. The van der Waals surface area contributed by atoms with Crippen LogP contribution in [0.2, 0.25) is 0 Å². The van der Waals surface area contributed by atoms with Crippen LogP contribution in [0.5, 0.6) is 0 Å². The summed E-state index contributed by atoms with van der Waals surface area (Å²) >= 11 is 0. The normalized spacial score (nSPS) is 15.2. The van der Waals surface area contributed by atoms with Gasteiger partial charge in [0, 0.05) is 18.7 Å². The molecule has 0 saturated carbocycles. The van der Waals surface area contributed by atoms with Crippen molar-refractivity contribution in [3.63, 3.8) is 0 Å². The maximum absolute atomic E-state index is 12.5. The van der Waals surface area contributed by atoms with Crippen LogP contribution in [-0.2, 0) is 20.0 Å². The molecule has 1 N–H and O–H groups in total. The predicted octanol–water partition coefficient (Wildman–Crippen LogP) is -0.542. The van der Waals surface area contributed by atoms with Gasteiger partial charge in [-0.15, -0.1) is 0 Å². The highest BCUT2D eigenvalue weighted by Gasteiger charge is 2.30. The third-order valence-electron chi connectivity index (χ3n) is 4.11. The second-order valence-electron chi connectivity index (χ2n) is 6.03.